The number of hydrogen-bond acceptors (Lipinski definition) is 5. The van der Waals surface area contributed by atoms with Crippen molar-refractivity contribution in [3.8, 4) is 17.0 Å². The van der Waals surface area contributed by atoms with Crippen molar-refractivity contribution in [3.63, 3.8) is 0 Å². The van der Waals surface area contributed by atoms with Crippen LogP contribution in [0, 0.1) is 5.82 Å². The highest BCUT2D eigenvalue weighted by molar-refractivity contribution is 7.90. The maximum absolute atomic E-state index is 13.4. The lowest BCUT2D eigenvalue weighted by atomic mass is 10.0. The second-order valence-electron chi connectivity index (χ2n) is 7.65. The van der Waals surface area contributed by atoms with E-state index < -0.39 is 33.5 Å². The van der Waals surface area contributed by atoms with E-state index in [2.05, 4.69) is 9.84 Å². The van der Waals surface area contributed by atoms with Crippen LogP contribution >= 0.6 is 0 Å². The Labute approximate surface area is 197 Å². The molecule has 182 valence electrons. The molecule has 0 N–H and O–H groups in total. The highest BCUT2D eigenvalue weighted by Gasteiger charge is 2.31. The zero-order valence-electron chi connectivity index (χ0n) is 18.2. The number of pyridine rings is 1. The first-order chi connectivity index (χ1) is 16.5. The summed E-state index contributed by atoms with van der Waals surface area (Å²) in [5.41, 5.74) is 1.90. The van der Waals surface area contributed by atoms with Crippen LogP contribution in [-0.2, 0) is 15.6 Å². The number of aromatic nitrogens is 2. The number of Topliss-reactive ketones (excluding diaryl/α,β-unsaturated/α-hetero) is 1. The number of carbonyl (C=O) groups is 1. The van der Waals surface area contributed by atoms with Crippen molar-refractivity contribution in [3.05, 3.63) is 83.8 Å². The van der Waals surface area contributed by atoms with Crippen molar-refractivity contribution in [2.45, 2.75) is 30.4 Å². The van der Waals surface area contributed by atoms with Crippen LogP contribution in [0.15, 0.2) is 71.8 Å². The van der Waals surface area contributed by atoms with E-state index in [0.29, 0.717) is 22.3 Å². The van der Waals surface area contributed by atoms with Crippen molar-refractivity contribution in [1.29, 1.82) is 0 Å². The van der Waals surface area contributed by atoms with Gasteiger partial charge in [0.1, 0.15) is 17.3 Å². The number of rotatable bonds is 7. The van der Waals surface area contributed by atoms with Gasteiger partial charge in [0, 0.05) is 18.2 Å². The molecule has 0 fully saturated rings. The Hall–Kier alpha value is -3.73. The van der Waals surface area contributed by atoms with Gasteiger partial charge in [-0.3, -0.25) is 4.79 Å². The van der Waals surface area contributed by atoms with Gasteiger partial charge < -0.3 is 4.74 Å². The zero-order chi connectivity index (χ0) is 25.4. The van der Waals surface area contributed by atoms with E-state index in [-0.39, 0.29) is 22.7 Å². The lowest BCUT2D eigenvalue weighted by molar-refractivity contribution is -0.274. The molecule has 0 amide bonds. The molecule has 11 heteroatoms. The van der Waals surface area contributed by atoms with Crippen LogP contribution in [0.1, 0.15) is 29.3 Å². The molecule has 6 nitrogen and oxygen atoms in total. The molecule has 2 heterocycles. The molecule has 0 saturated heterocycles. The van der Waals surface area contributed by atoms with E-state index in [1.54, 1.807) is 6.92 Å². The largest absolute Gasteiger partial charge is 0.573 e. The van der Waals surface area contributed by atoms with E-state index in [0.717, 1.165) is 24.3 Å². The SMILES string of the molecule is CCC(=O)c1c(-c2ccc(F)cc2)nn2ccc(CS(=O)(=O)c3ccc(OC(F)(F)F)cc3)cc12. The van der Waals surface area contributed by atoms with Crippen molar-refractivity contribution >= 4 is 21.1 Å². The number of ketones is 1. The fourth-order valence-electron chi connectivity index (χ4n) is 3.59. The maximum atomic E-state index is 13.4. The first kappa shape index (κ1) is 24.4. The minimum absolute atomic E-state index is 0.171. The van der Waals surface area contributed by atoms with Gasteiger partial charge in [-0.25, -0.2) is 17.3 Å². The van der Waals surface area contributed by atoms with Gasteiger partial charge >= 0.3 is 6.36 Å². The van der Waals surface area contributed by atoms with Crippen LogP contribution in [0.2, 0.25) is 0 Å². The number of carbonyl (C=O) groups excluding carboxylic acids is 1. The van der Waals surface area contributed by atoms with Gasteiger partial charge in [-0.15, -0.1) is 13.2 Å². The number of nitrogens with zero attached hydrogens (tertiary/aromatic N) is 2. The summed E-state index contributed by atoms with van der Waals surface area (Å²) in [6.45, 7) is 1.68. The third-order valence-electron chi connectivity index (χ3n) is 5.19. The van der Waals surface area contributed by atoms with Crippen LogP contribution in [0.3, 0.4) is 0 Å². The summed E-state index contributed by atoms with van der Waals surface area (Å²) < 4.78 is 81.4. The predicted octanol–water partition coefficient (Wildman–Crippen LogP) is 5.61. The number of sulfone groups is 1. The first-order valence-electron chi connectivity index (χ1n) is 10.4. The van der Waals surface area contributed by atoms with Crippen molar-refractivity contribution in [2.75, 3.05) is 0 Å². The molecular formula is C24H18F4N2O4S. The monoisotopic (exact) mass is 506 g/mol. The Balaban J connectivity index is 1.70. The standard InChI is InChI=1S/C24H18F4N2O4S/c1-2-21(31)22-20-13-15(11-12-30(20)29-23(22)16-3-5-17(25)6-4-16)14-35(32,33)19-9-7-18(8-10-19)34-24(26,27)28/h3-13H,2,14H2,1H3. The number of benzene rings is 2. The summed E-state index contributed by atoms with van der Waals surface area (Å²) in [4.78, 5) is 12.6. The van der Waals surface area contributed by atoms with Gasteiger partial charge in [-0.05, 0) is 66.2 Å². The van der Waals surface area contributed by atoms with Crippen LogP contribution in [0.25, 0.3) is 16.8 Å². The molecule has 0 aliphatic rings. The molecule has 0 aliphatic carbocycles. The highest BCUT2D eigenvalue weighted by Crippen LogP contribution is 2.30. The van der Waals surface area contributed by atoms with E-state index in [9.17, 15) is 30.8 Å². The molecule has 0 unspecified atom stereocenters. The van der Waals surface area contributed by atoms with E-state index in [1.165, 1.54) is 47.1 Å². The molecule has 0 atom stereocenters. The van der Waals surface area contributed by atoms with Gasteiger partial charge in [0.2, 0.25) is 0 Å². The minimum Gasteiger partial charge on any atom is -0.406 e. The Kier molecular flexibility index (Phi) is 6.37. The lowest BCUT2D eigenvalue weighted by Gasteiger charge is -2.10. The number of ether oxygens (including phenoxy) is 1. The van der Waals surface area contributed by atoms with Gasteiger partial charge in [0.25, 0.3) is 0 Å². The molecule has 2 aromatic carbocycles. The fourth-order valence-corrected chi connectivity index (χ4v) is 4.93. The van der Waals surface area contributed by atoms with Crippen molar-refractivity contribution in [1.82, 2.24) is 9.61 Å². The van der Waals surface area contributed by atoms with Crippen molar-refractivity contribution in [2.24, 2.45) is 0 Å². The van der Waals surface area contributed by atoms with E-state index >= 15 is 0 Å². The zero-order valence-corrected chi connectivity index (χ0v) is 19.0. The van der Waals surface area contributed by atoms with Crippen molar-refractivity contribution < 1.29 is 35.5 Å². The first-order valence-corrected chi connectivity index (χ1v) is 12.0. The molecule has 4 rings (SSSR count). The maximum Gasteiger partial charge on any atom is 0.573 e. The quantitative estimate of drug-likeness (QED) is 0.241. The number of alkyl halides is 3. The van der Waals surface area contributed by atoms with Crippen LogP contribution in [-0.4, -0.2) is 30.2 Å². The fraction of sp³-hybridized carbons (Fsp3) is 0.167. The highest BCUT2D eigenvalue weighted by atomic mass is 32.2. The van der Waals surface area contributed by atoms with Gasteiger partial charge in [0.15, 0.2) is 15.6 Å². The van der Waals surface area contributed by atoms with E-state index in [4.69, 9.17) is 0 Å². The summed E-state index contributed by atoms with van der Waals surface area (Å²) in [7, 11) is -3.92. The predicted molar refractivity (Wildman–Crippen MR) is 119 cm³/mol. The topological polar surface area (TPSA) is 77.7 Å². The Bertz CT molecular complexity index is 1490. The second-order valence-corrected chi connectivity index (χ2v) is 9.64. The Morgan fingerprint density at radius 2 is 1.69 bits per heavy atom. The third-order valence-corrected chi connectivity index (χ3v) is 6.89. The summed E-state index contributed by atoms with van der Waals surface area (Å²) in [6.07, 6.45) is -3.20. The number of fused-ring (bicyclic) bond motifs is 1. The normalized spacial score (nSPS) is 12.1. The molecule has 4 aromatic rings. The molecule has 0 aliphatic heterocycles. The third kappa shape index (κ3) is 5.35. The van der Waals surface area contributed by atoms with Gasteiger partial charge in [0.05, 0.1) is 21.7 Å². The molecule has 0 bridgehead atoms. The summed E-state index contributed by atoms with van der Waals surface area (Å²) in [5, 5.41) is 4.43. The molecular weight excluding hydrogens is 488 g/mol. The molecule has 0 saturated carbocycles. The Morgan fingerprint density at radius 1 is 1.03 bits per heavy atom. The molecule has 2 aromatic heterocycles. The smallest absolute Gasteiger partial charge is 0.406 e. The van der Waals surface area contributed by atoms with Crippen LogP contribution in [0.4, 0.5) is 17.6 Å². The summed E-state index contributed by atoms with van der Waals surface area (Å²) in [5.74, 6) is -1.65. The van der Waals surface area contributed by atoms with E-state index in [1.807, 2.05) is 0 Å². The summed E-state index contributed by atoms with van der Waals surface area (Å²) in [6, 6.07) is 12.5. The van der Waals surface area contributed by atoms with Gasteiger partial charge in [-0.1, -0.05) is 6.92 Å². The van der Waals surface area contributed by atoms with Crippen LogP contribution in [0.5, 0.6) is 5.75 Å². The number of hydrogen-bond donors (Lipinski definition) is 0. The van der Waals surface area contributed by atoms with Crippen LogP contribution < -0.4 is 4.74 Å². The average Bonchev–Trinajstić information content (AvgIpc) is 3.17. The summed E-state index contributed by atoms with van der Waals surface area (Å²) >= 11 is 0. The number of halogens is 4. The minimum atomic E-state index is -4.89. The molecule has 35 heavy (non-hydrogen) atoms. The second kappa shape index (κ2) is 9.14. The molecule has 0 radical (unpaired) electrons. The van der Waals surface area contributed by atoms with Gasteiger partial charge in [-0.2, -0.15) is 5.10 Å². The molecule has 0 spiro atoms. The Morgan fingerprint density at radius 3 is 2.29 bits per heavy atom. The lowest BCUT2D eigenvalue weighted by Crippen LogP contribution is -2.17. The average molecular weight is 506 g/mol.